The van der Waals surface area contributed by atoms with Crippen molar-refractivity contribution in [3.05, 3.63) is 102 Å². The summed E-state index contributed by atoms with van der Waals surface area (Å²) < 4.78 is 12.4. The van der Waals surface area contributed by atoms with Gasteiger partial charge in [0.15, 0.2) is 5.82 Å². The number of hydrogen-bond acceptors (Lipinski definition) is 7. The van der Waals surface area contributed by atoms with E-state index in [2.05, 4.69) is 60.5 Å². The van der Waals surface area contributed by atoms with Crippen molar-refractivity contribution in [2.45, 2.75) is 71.6 Å². The molecular formula is C32H40BN3O5Si. The summed E-state index contributed by atoms with van der Waals surface area (Å²) in [6.07, 6.45) is 0. The first-order valence-corrected chi connectivity index (χ1v) is 16.0. The lowest BCUT2D eigenvalue weighted by Crippen LogP contribution is -2.66. The van der Waals surface area contributed by atoms with Crippen molar-refractivity contribution < 1.29 is 23.8 Å². The van der Waals surface area contributed by atoms with Crippen molar-refractivity contribution in [3.8, 4) is 0 Å². The SMILES string of the molecule is C[C@@H](NC(=O)c1nc(C(C)(C)C)no1)c1ccc(B(O)O)cc1CO[Si](c1ccccc1)(c1ccccc1)C(C)(C)C. The number of nitrogens with zero attached hydrogens (tertiary/aromatic N) is 2. The molecule has 220 valence electrons. The highest BCUT2D eigenvalue weighted by Crippen LogP contribution is 2.37. The highest BCUT2D eigenvalue weighted by Gasteiger charge is 2.50. The Morgan fingerprint density at radius 3 is 2.00 bits per heavy atom. The first kappa shape index (κ1) is 31.4. The van der Waals surface area contributed by atoms with Crippen LogP contribution in [0.1, 0.15) is 82.1 Å². The van der Waals surface area contributed by atoms with Gasteiger partial charge in [-0.3, -0.25) is 4.79 Å². The summed E-state index contributed by atoms with van der Waals surface area (Å²) in [5.74, 6) is -0.157. The zero-order chi connectivity index (χ0) is 30.7. The molecule has 0 aliphatic carbocycles. The smallest absolute Gasteiger partial charge is 0.423 e. The molecule has 0 fully saturated rings. The Morgan fingerprint density at radius 1 is 0.952 bits per heavy atom. The fourth-order valence-corrected chi connectivity index (χ4v) is 9.77. The van der Waals surface area contributed by atoms with E-state index >= 15 is 0 Å². The minimum Gasteiger partial charge on any atom is -0.423 e. The fraction of sp³-hybridized carbons (Fsp3) is 0.344. The Kier molecular flexibility index (Phi) is 9.22. The summed E-state index contributed by atoms with van der Waals surface area (Å²) in [6.45, 7) is 14.5. The van der Waals surface area contributed by atoms with Crippen molar-refractivity contribution in [1.29, 1.82) is 0 Å². The predicted molar refractivity (Wildman–Crippen MR) is 168 cm³/mol. The van der Waals surface area contributed by atoms with E-state index in [4.69, 9.17) is 8.95 Å². The Bertz CT molecular complexity index is 1460. The third-order valence-electron chi connectivity index (χ3n) is 7.43. The lowest BCUT2D eigenvalue weighted by atomic mass is 9.78. The van der Waals surface area contributed by atoms with Gasteiger partial charge in [-0.15, -0.1) is 0 Å². The van der Waals surface area contributed by atoms with E-state index in [1.54, 1.807) is 18.2 Å². The second kappa shape index (κ2) is 12.3. The van der Waals surface area contributed by atoms with Gasteiger partial charge in [-0.05, 0) is 38.9 Å². The van der Waals surface area contributed by atoms with E-state index in [1.165, 1.54) is 0 Å². The molecule has 1 amide bonds. The monoisotopic (exact) mass is 585 g/mol. The van der Waals surface area contributed by atoms with Crippen LogP contribution in [0.4, 0.5) is 0 Å². The van der Waals surface area contributed by atoms with Gasteiger partial charge in [0, 0.05) is 5.41 Å². The number of carbonyl (C=O) groups is 1. The molecule has 8 nitrogen and oxygen atoms in total. The van der Waals surface area contributed by atoms with E-state index in [9.17, 15) is 14.8 Å². The second-order valence-electron chi connectivity index (χ2n) is 12.7. The van der Waals surface area contributed by atoms with Crippen LogP contribution in [-0.4, -0.2) is 41.5 Å². The molecule has 42 heavy (non-hydrogen) atoms. The lowest BCUT2D eigenvalue weighted by Gasteiger charge is -2.43. The zero-order valence-electron chi connectivity index (χ0n) is 25.4. The number of benzene rings is 3. The van der Waals surface area contributed by atoms with Crippen LogP contribution in [-0.2, 0) is 16.4 Å². The average molecular weight is 586 g/mol. The topological polar surface area (TPSA) is 118 Å². The van der Waals surface area contributed by atoms with Crippen molar-refractivity contribution in [2.24, 2.45) is 0 Å². The van der Waals surface area contributed by atoms with Crippen LogP contribution in [0.15, 0.2) is 83.4 Å². The van der Waals surface area contributed by atoms with Crippen molar-refractivity contribution in [2.75, 3.05) is 0 Å². The summed E-state index contributed by atoms with van der Waals surface area (Å²) >= 11 is 0. The van der Waals surface area contributed by atoms with Gasteiger partial charge in [0.1, 0.15) is 0 Å². The molecule has 0 spiro atoms. The van der Waals surface area contributed by atoms with Crippen LogP contribution in [0.2, 0.25) is 5.04 Å². The standard InChI is InChI=1S/C32H40BN3O5Si/c1-22(34-28(37)29-35-30(36-41-29)31(2,3)4)27-19-18-24(33(38)39)20-23(27)21-40-42(32(5,6)7,25-14-10-8-11-15-25)26-16-12-9-13-17-26/h8-20,22,38-39H,21H2,1-7H3,(H,34,37)/t22-/m1/s1. The van der Waals surface area contributed by atoms with Gasteiger partial charge in [-0.25, -0.2) is 0 Å². The Morgan fingerprint density at radius 2 is 1.52 bits per heavy atom. The van der Waals surface area contributed by atoms with Crippen LogP contribution in [0, 0.1) is 0 Å². The van der Waals surface area contributed by atoms with Crippen LogP contribution >= 0.6 is 0 Å². The molecule has 0 unspecified atom stereocenters. The Hall–Kier alpha value is -3.57. The molecule has 0 aliphatic rings. The molecule has 0 saturated heterocycles. The first-order chi connectivity index (χ1) is 19.7. The van der Waals surface area contributed by atoms with Gasteiger partial charge in [-0.1, -0.05) is 126 Å². The number of amides is 1. The van der Waals surface area contributed by atoms with E-state index in [-0.39, 0.29) is 23.0 Å². The Balaban J connectivity index is 1.72. The maximum Gasteiger partial charge on any atom is 0.488 e. The molecule has 0 aliphatic heterocycles. The van der Waals surface area contributed by atoms with Gasteiger partial charge in [0.05, 0.1) is 12.6 Å². The maximum atomic E-state index is 13.1. The molecule has 3 aromatic carbocycles. The summed E-state index contributed by atoms with van der Waals surface area (Å²) in [5.41, 5.74) is 1.49. The van der Waals surface area contributed by atoms with Gasteiger partial charge in [-0.2, -0.15) is 4.98 Å². The minimum atomic E-state index is -2.88. The molecule has 1 heterocycles. The average Bonchev–Trinajstić information content (AvgIpc) is 3.45. The van der Waals surface area contributed by atoms with E-state index in [0.29, 0.717) is 11.3 Å². The van der Waals surface area contributed by atoms with E-state index < -0.39 is 27.4 Å². The van der Waals surface area contributed by atoms with Gasteiger partial charge in [0.2, 0.25) is 0 Å². The quantitative estimate of drug-likeness (QED) is 0.257. The highest BCUT2D eigenvalue weighted by molar-refractivity contribution is 6.99. The summed E-state index contributed by atoms with van der Waals surface area (Å²) in [4.78, 5) is 17.3. The first-order valence-electron chi connectivity index (χ1n) is 14.1. The number of aromatic nitrogens is 2. The van der Waals surface area contributed by atoms with Crippen LogP contribution in [0.3, 0.4) is 0 Å². The lowest BCUT2D eigenvalue weighted by molar-refractivity contribution is 0.0895. The summed E-state index contributed by atoms with van der Waals surface area (Å²) in [7, 11) is -4.53. The van der Waals surface area contributed by atoms with Crippen molar-refractivity contribution in [1.82, 2.24) is 15.5 Å². The molecule has 3 N–H and O–H groups in total. The molecule has 0 saturated carbocycles. The third-order valence-corrected chi connectivity index (χ3v) is 12.4. The molecule has 10 heteroatoms. The number of rotatable bonds is 9. The minimum absolute atomic E-state index is 0.112. The largest absolute Gasteiger partial charge is 0.488 e. The summed E-state index contributed by atoms with van der Waals surface area (Å²) in [6, 6.07) is 25.3. The molecule has 1 atom stereocenters. The number of carbonyl (C=O) groups excluding carboxylic acids is 1. The van der Waals surface area contributed by atoms with Crippen LogP contribution in [0.25, 0.3) is 0 Å². The molecular weight excluding hydrogens is 545 g/mol. The normalized spacial score (nSPS) is 13.1. The van der Waals surface area contributed by atoms with Crippen molar-refractivity contribution >= 4 is 37.2 Å². The molecule has 4 rings (SSSR count). The molecule has 0 radical (unpaired) electrons. The third kappa shape index (κ3) is 6.57. The van der Waals surface area contributed by atoms with Crippen LogP contribution in [0.5, 0.6) is 0 Å². The highest BCUT2D eigenvalue weighted by atomic mass is 28.4. The molecule has 1 aromatic heterocycles. The van der Waals surface area contributed by atoms with Crippen LogP contribution < -0.4 is 21.2 Å². The second-order valence-corrected chi connectivity index (χ2v) is 17.0. The fourth-order valence-electron chi connectivity index (χ4n) is 5.24. The van der Waals surface area contributed by atoms with Crippen molar-refractivity contribution in [3.63, 3.8) is 0 Å². The van der Waals surface area contributed by atoms with E-state index in [0.717, 1.165) is 21.5 Å². The molecule has 4 aromatic rings. The predicted octanol–water partition coefficient (Wildman–Crippen LogP) is 3.61. The summed E-state index contributed by atoms with van der Waals surface area (Å²) in [5, 5.41) is 28.9. The Labute approximate surface area is 249 Å². The number of hydrogen-bond donors (Lipinski definition) is 3. The van der Waals surface area contributed by atoms with E-state index in [1.807, 2.05) is 64.1 Å². The maximum absolute atomic E-state index is 13.1. The van der Waals surface area contributed by atoms with Gasteiger partial charge in [0.25, 0.3) is 8.32 Å². The zero-order valence-corrected chi connectivity index (χ0v) is 26.4. The number of nitrogens with one attached hydrogen (secondary N) is 1. The molecule has 0 bridgehead atoms. The van der Waals surface area contributed by atoms with Gasteiger partial charge >= 0.3 is 18.9 Å². The van der Waals surface area contributed by atoms with Gasteiger partial charge < -0.3 is 24.3 Å².